The van der Waals surface area contributed by atoms with Gasteiger partial charge in [0.2, 0.25) is 0 Å². The minimum Gasteiger partial charge on any atom is -0.310 e. The van der Waals surface area contributed by atoms with Gasteiger partial charge in [0.05, 0.1) is 21.8 Å². The Morgan fingerprint density at radius 2 is 1.10 bits per heavy atom. The summed E-state index contributed by atoms with van der Waals surface area (Å²) in [6.45, 7) is 0. The van der Waals surface area contributed by atoms with Crippen LogP contribution in [0.25, 0.3) is 0 Å². The van der Waals surface area contributed by atoms with Crippen molar-refractivity contribution in [3.05, 3.63) is 24.3 Å². The highest BCUT2D eigenvalue weighted by Gasteiger charge is 2.48. The SMILES string of the molecule is NC1(N)C=CC(SC2C=CC(N)(N)CC2(Cl)Cl)C(Cl)(Cl)C1. The fourth-order valence-electron chi connectivity index (χ4n) is 2.40. The maximum atomic E-state index is 6.36. The molecule has 0 saturated carbocycles. The van der Waals surface area contributed by atoms with Crippen molar-refractivity contribution in [2.24, 2.45) is 22.9 Å². The molecule has 0 amide bonds. The van der Waals surface area contributed by atoms with Crippen LogP contribution in [0.1, 0.15) is 12.8 Å². The average molecular weight is 392 g/mol. The molecule has 0 aromatic carbocycles. The molecule has 0 saturated heterocycles. The smallest absolute Gasteiger partial charge is 0.136 e. The highest BCUT2D eigenvalue weighted by molar-refractivity contribution is 8.01. The molecule has 0 aromatic heterocycles. The Bertz CT molecular complexity index is 434. The third-order valence-corrected chi connectivity index (χ3v) is 7.07. The standard InChI is InChI=1S/C12H18Cl4N4S/c13-11(14)5-9(17,18)3-1-7(11)21-8-2-4-10(19,20)6-12(8,15)16/h1-4,7-8H,5-6,17-20H2. The lowest BCUT2D eigenvalue weighted by molar-refractivity contribution is 0.449. The molecule has 2 atom stereocenters. The van der Waals surface area contributed by atoms with Crippen LogP contribution in [0.4, 0.5) is 0 Å². The molecule has 0 aromatic rings. The molecule has 0 heterocycles. The molecule has 2 aliphatic rings. The van der Waals surface area contributed by atoms with Crippen LogP contribution in [0.5, 0.6) is 0 Å². The summed E-state index contributed by atoms with van der Waals surface area (Å²) in [5.74, 6) is 0. The van der Waals surface area contributed by atoms with Crippen LogP contribution in [0, 0.1) is 0 Å². The van der Waals surface area contributed by atoms with E-state index < -0.39 is 20.0 Å². The van der Waals surface area contributed by atoms with Gasteiger partial charge in [-0.05, 0) is 0 Å². The van der Waals surface area contributed by atoms with Crippen molar-refractivity contribution in [2.45, 2.75) is 43.3 Å². The Kier molecular flexibility index (Phi) is 4.95. The molecular formula is C12H18Cl4N4S. The van der Waals surface area contributed by atoms with Gasteiger partial charge in [-0.3, -0.25) is 0 Å². The molecule has 0 bridgehead atoms. The first-order chi connectivity index (χ1) is 9.33. The number of thioether (sulfide) groups is 1. The van der Waals surface area contributed by atoms with Crippen molar-refractivity contribution in [3.8, 4) is 0 Å². The molecule has 8 N–H and O–H groups in total. The maximum absolute atomic E-state index is 6.36. The van der Waals surface area contributed by atoms with Gasteiger partial charge < -0.3 is 22.9 Å². The zero-order valence-corrected chi connectivity index (χ0v) is 14.9. The fraction of sp³-hybridized carbons (Fsp3) is 0.667. The number of hydrogen-bond donors (Lipinski definition) is 4. The van der Waals surface area contributed by atoms with Gasteiger partial charge in [0, 0.05) is 12.8 Å². The highest BCUT2D eigenvalue weighted by atomic mass is 35.5. The number of halogens is 4. The van der Waals surface area contributed by atoms with E-state index in [-0.39, 0.29) is 23.3 Å². The van der Waals surface area contributed by atoms with Gasteiger partial charge >= 0.3 is 0 Å². The molecule has 21 heavy (non-hydrogen) atoms. The van der Waals surface area contributed by atoms with Crippen LogP contribution in [0.3, 0.4) is 0 Å². The third kappa shape index (κ3) is 4.43. The minimum absolute atomic E-state index is 0.225. The van der Waals surface area contributed by atoms with E-state index in [1.54, 1.807) is 24.3 Å². The quantitative estimate of drug-likeness (QED) is 0.327. The van der Waals surface area contributed by atoms with E-state index in [0.29, 0.717) is 0 Å². The molecule has 2 rings (SSSR count). The molecule has 2 aliphatic carbocycles. The second-order valence-electron chi connectivity index (χ2n) is 5.80. The second-order valence-corrected chi connectivity index (χ2v) is 10.2. The van der Waals surface area contributed by atoms with Gasteiger partial charge in [0.25, 0.3) is 0 Å². The Labute approximate surface area is 148 Å². The van der Waals surface area contributed by atoms with Crippen molar-refractivity contribution in [1.29, 1.82) is 0 Å². The number of rotatable bonds is 2. The number of hydrogen-bond acceptors (Lipinski definition) is 5. The Morgan fingerprint density at radius 1 is 0.762 bits per heavy atom. The predicted molar refractivity (Wildman–Crippen MR) is 93.8 cm³/mol. The van der Waals surface area contributed by atoms with E-state index in [1.165, 1.54) is 11.8 Å². The fourth-order valence-corrected chi connectivity index (χ4v) is 5.45. The molecule has 2 unspecified atom stereocenters. The zero-order valence-electron chi connectivity index (χ0n) is 11.1. The summed E-state index contributed by atoms with van der Waals surface area (Å²) in [6, 6.07) is 0. The Balaban J connectivity index is 2.18. The van der Waals surface area contributed by atoms with Crippen molar-refractivity contribution < 1.29 is 0 Å². The van der Waals surface area contributed by atoms with Gasteiger partial charge in [0.15, 0.2) is 0 Å². The Hall–Kier alpha value is 0.830. The van der Waals surface area contributed by atoms with E-state index in [4.69, 9.17) is 69.3 Å². The van der Waals surface area contributed by atoms with Crippen molar-refractivity contribution in [3.63, 3.8) is 0 Å². The lowest BCUT2D eigenvalue weighted by Gasteiger charge is -2.42. The van der Waals surface area contributed by atoms with Gasteiger partial charge in [0.1, 0.15) is 8.67 Å². The van der Waals surface area contributed by atoms with Crippen LogP contribution in [-0.4, -0.2) is 30.5 Å². The van der Waals surface area contributed by atoms with Gasteiger partial charge in [-0.2, -0.15) is 0 Å². The molecule has 0 fully saturated rings. The first-order valence-corrected chi connectivity index (χ1v) is 8.74. The van der Waals surface area contributed by atoms with Crippen LogP contribution >= 0.6 is 58.2 Å². The van der Waals surface area contributed by atoms with Crippen molar-refractivity contribution in [1.82, 2.24) is 0 Å². The Morgan fingerprint density at radius 3 is 1.38 bits per heavy atom. The summed E-state index contributed by atoms with van der Waals surface area (Å²) in [6.07, 6.45) is 7.42. The molecule has 4 nitrogen and oxygen atoms in total. The lowest BCUT2D eigenvalue weighted by Crippen LogP contribution is -2.57. The first kappa shape index (κ1) is 18.2. The predicted octanol–water partition coefficient (Wildman–Crippen LogP) is 1.95. The molecule has 9 heteroatoms. The first-order valence-electron chi connectivity index (χ1n) is 6.28. The van der Waals surface area contributed by atoms with Gasteiger partial charge in [-0.15, -0.1) is 11.8 Å². The van der Waals surface area contributed by atoms with Gasteiger partial charge in [-0.1, -0.05) is 70.7 Å². The van der Waals surface area contributed by atoms with Crippen molar-refractivity contribution in [2.75, 3.05) is 0 Å². The van der Waals surface area contributed by atoms with E-state index in [1.807, 2.05) is 0 Å². The monoisotopic (exact) mass is 390 g/mol. The molecule has 0 spiro atoms. The summed E-state index contributed by atoms with van der Waals surface area (Å²) < 4.78 is -2.22. The van der Waals surface area contributed by atoms with Crippen molar-refractivity contribution >= 4 is 58.2 Å². The summed E-state index contributed by atoms with van der Waals surface area (Å²) in [5, 5.41) is -0.508. The van der Waals surface area contributed by atoms with Crippen LogP contribution in [-0.2, 0) is 0 Å². The van der Waals surface area contributed by atoms with E-state index in [2.05, 4.69) is 0 Å². The molecular weight excluding hydrogens is 374 g/mol. The summed E-state index contributed by atoms with van der Waals surface area (Å²) in [5.41, 5.74) is 21.4. The minimum atomic E-state index is -1.11. The topological polar surface area (TPSA) is 104 Å². The largest absolute Gasteiger partial charge is 0.310 e. The number of nitrogens with two attached hydrogens (primary N) is 4. The summed E-state index contributed by atoms with van der Waals surface area (Å²) >= 11 is 26.9. The average Bonchev–Trinajstić information content (AvgIpc) is 2.21. The molecule has 0 radical (unpaired) electrons. The van der Waals surface area contributed by atoms with Crippen LogP contribution in [0.15, 0.2) is 24.3 Å². The number of alkyl halides is 4. The lowest BCUT2D eigenvalue weighted by atomic mass is 9.96. The molecule has 120 valence electrons. The maximum Gasteiger partial charge on any atom is 0.136 e. The second kappa shape index (κ2) is 5.72. The zero-order chi connectivity index (χ0) is 16.1. The van der Waals surface area contributed by atoms with E-state index >= 15 is 0 Å². The third-order valence-electron chi connectivity index (χ3n) is 3.37. The summed E-state index contributed by atoms with van der Waals surface area (Å²) in [7, 11) is 0. The van der Waals surface area contributed by atoms with E-state index in [0.717, 1.165) is 0 Å². The van der Waals surface area contributed by atoms with Crippen LogP contribution in [0.2, 0.25) is 0 Å². The highest BCUT2D eigenvalue weighted by Crippen LogP contribution is 2.50. The van der Waals surface area contributed by atoms with Gasteiger partial charge in [-0.25, -0.2) is 0 Å². The van der Waals surface area contributed by atoms with E-state index in [9.17, 15) is 0 Å². The van der Waals surface area contributed by atoms with Crippen LogP contribution < -0.4 is 22.9 Å². The normalized spacial score (nSPS) is 35.6. The summed E-state index contributed by atoms with van der Waals surface area (Å²) in [4.78, 5) is 0. The molecule has 0 aliphatic heterocycles.